The molecule has 0 aromatic heterocycles. The van der Waals surface area contributed by atoms with Crippen molar-refractivity contribution in [3.63, 3.8) is 0 Å². The predicted octanol–water partition coefficient (Wildman–Crippen LogP) is 4.42. The Morgan fingerprint density at radius 2 is 1.76 bits per heavy atom. The van der Waals surface area contributed by atoms with Crippen molar-refractivity contribution in [2.45, 2.75) is 13.5 Å². The number of halogens is 2. The third-order valence-electron chi connectivity index (χ3n) is 3.25. The Morgan fingerprint density at radius 3 is 2.43 bits per heavy atom. The average molecular weight is 310 g/mol. The number of methoxy groups -OCH3 is 2. The molecule has 0 aliphatic carbocycles. The summed E-state index contributed by atoms with van der Waals surface area (Å²) in [5.74, 6) is 0.895. The molecule has 2 rings (SSSR count). The molecule has 0 radical (unpaired) electrons. The fourth-order valence-corrected chi connectivity index (χ4v) is 2.23. The number of rotatable bonds is 5. The van der Waals surface area contributed by atoms with E-state index in [9.17, 15) is 4.39 Å². The molecule has 0 heterocycles. The predicted molar refractivity (Wildman–Crippen MR) is 83.0 cm³/mol. The van der Waals surface area contributed by atoms with Crippen LogP contribution in [0.4, 0.5) is 10.1 Å². The van der Waals surface area contributed by atoms with E-state index in [1.165, 1.54) is 12.1 Å². The van der Waals surface area contributed by atoms with Crippen molar-refractivity contribution in [1.82, 2.24) is 0 Å². The molecule has 0 saturated carbocycles. The van der Waals surface area contributed by atoms with Gasteiger partial charge in [-0.15, -0.1) is 0 Å². The van der Waals surface area contributed by atoms with Gasteiger partial charge in [0, 0.05) is 18.7 Å². The molecule has 0 fully saturated rings. The van der Waals surface area contributed by atoms with Crippen molar-refractivity contribution < 1.29 is 13.9 Å². The molecule has 0 aliphatic heterocycles. The molecule has 0 aliphatic rings. The highest BCUT2D eigenvalue weighted by molar-refractivity contribution is 6.33. The van der Waals surface area contributed by atoms with Gasteiger partial charge in [-0.1, -0.05) is 17.7 Å². The second kappa shape index (κ2) is 6.68. The van der Waals surface area contributed by atoms with E-state index in [-0.39, 0.29) is 5.82 Å². The van der Waals surface area contributed by atoms with Crippen molar-refractivity contribution in [3.8, 4) is 11.5 Å². The second-order valence-electron chi connectivity index (χ2n) is 4.61. The van der Waals surface area contributed by atoms with Crippen LogP contribution in [0.25, 0.3) is 0 Å². The van der Waals surface area contributed by atoms with Crippen LogP contribution in [0.5, 0.6) is 11.5 Å². The lowest BCUT2D eigenvalue weighted by Gasteiger charge is -2.14. The van der Waals surface area contributed by atoms with Crippen LogP contribution in [-0.4, -0.2) is 14.2 Å². The van der Waals surface area contributed by atoms with E-state index >= 15 is 0 Å². The Kier molecular flexibility index (Phi) is 4.91. The first-order valence-corrected chi connectivity index (χ1v) is 6.83. The second-order valence-corrected chi connectivity index (χ2v) is 5.02. The smallest absolute Gasteiger partial charge is 0.162 e. The highest BCUT2D eigenvalue weighted by atomic mass is 35.5. The first kappa shape index (κ1) is 15.4. The van der Waals surface area contributed by atoms with Gasteiger partial charge in [-0.3, -0.25) is 0 Å². The summed E-state index contributed by atoms with van der Waals surface area (Å²) < 4.78 is 23.7. The number of nitrogens with one attached hydrogen (secondary N) is 1. The summed E-state index contributed by atoms with van der Waals surface area (Å²) in [5, 5.41) is 3.70. The lowest BCUT2D eigenvalue weighted by Crippen LogP contribution is -2.03. The van der Waals surface area contributed by atoms with Gasteiger partial charge in [-0.2, -0.15) is 0 Å². The first-order chi connectivity index (χ1) is 10.0. The molecule has 21 heavy (non-hydrogen) atoms. The minimum absolute atomic E-state index is 0.254. The summed E-state index contributed by atoms with van der Waals surface area (Å²) in [5.41, 5.74) is 2.60. The maximum atomic E-state index is 13.3. The number of hydrogen-bond donors (Lipinski definition) is 1. The molecule has 1 N–H and O–H groups in total. The zero-order chi connectivity index (χ0) is 15.4. The molecule has 2 aromatic rings. The van der Waals surface area contributed by atoms with E-state index in [0.29, 0.717) is 28.8 Å². The van der Waals surface area contributed by atoms with Crippen molar-refractivity contribution in [2.24, 2.45) is 0 Å². The van der Waals surface area contributed by atoms with Crippen LogP contribution < -0.4 is 14.8 Å². The average Bonchev–Trinajstić information content (AvgIpc) is 2.48. The van der Waals surface area contributed by atoms with Crippen LogP contribution in [0.3, 0.4) is 0 Å². The SMILES string of the molecule is COc1cc(Cl)c(NCc2cc(F)ccc2C)cc1OC. The molecular formula is C16H17ClFNO2. The van der Waals surface area contributed by atoms with Crippen LogP contribution in [0.1, 0.15) is 11.1 Å². The molecule has 112 valence electrons. The fraction of sp³-hybridized carbons (Fsp3) is 0.250. The molecular weight excluding hydrogens is 293 g/mol. The largest absolute Gasteiger partial charge is 0.493 e. The van der Waals surface area contributed by atoms with Crippen molar-refractivity contribution >= 4 is 17.3 Å². The van der Waals surface area contributed by atoms with Crippen molar-refractivity contribution in [3.05, 3.63) is 52.3 Å². The summed E-state index contributed by atoms with van der Waals surface area (Å²) in [6.07, 6.45) is 0. The Labute approximate surface area is 128 Å². The number of anilines is 1. The summed E-state index contributed by atoms with van der Waals surface area (Å²) in [4.78, 5) is 0. The lowest BCUT2D eigenvalue weighted by molar-refractivity contribution is 0.355. The molecule has 0 bridgehead atoms. The van der Waals surface area contributed by atoms with Gasteiger partial charge in [0.15, 0.2) is 11.5 Å². The third kappa shape index (κ3) is 3.58. The number of ether oxygens (including phenoxy) is 2. The Balaban J connectivity index is 2.21. The van der Waals surface area contributed by atoms with Crippen LogP contribution in [0.2, 0.25) is 5.02 Å². The maximum absolute atomic E-state index is 13.3. The van der Waals surface area contributed by atoms with E-state index in [1.54, 1.807) is 32.4 Å². The van der Waals surface area contributed by atoms with E-state index in [4.69, 9.17) is 21.1 Å². The Hall–Kier alpha value is -1.94. The Bertz CT molecular complexity index is 646. The summed E-state index contributed by atoms with van der Waals surface area (Å²) in [7, 11) is 3.11. The number of aryl methyl sites for hydroxylation is 1. The molecule has 3 nitrogen and oxygen atoms in total. The molecule has 0 amide bonds. The first-order valence-electron chi connectivity index (χ1n) is 6.45. The standard InChI is InChI=1S/C16H17ClFNO2/c1-10-4-5-12(18)6-11(10)9-19-14-8-16(21-3)15(20-2)7-13(14)17/h4-8,19H,9H2,1-3H3. The van der Waals surface area contributed by atoms with Gasteiger partial charge in [0.2, 0.25) is 0 Å². The monoisotopic (exact) mass is 309 g/mol. The highest BCUT2D eigenvalue weighted by Crippen LogP contribution is 2.36. The van der Waals surface area contributed by atoms with Crippen LogP contribution in [-0.2, 0) is 6.54 Å². The van der Waals surface area contributed by atoms with Gasteiger partial charge < -0.3 is 14.8 Å². The normalized spacial score (nSPS) is 10.3. The van der Waals surface area contributed by atoms with Gasteiger partial charge in [0.25, 0.3) is 0 Å². The molecule has 2 aromatic carbocycles. The zero-order valence-corrected chi connectivity index (χ0v) is 12.9. The molecule has 0 unspecified atom stereocenters. The van der Waals surface area contributed by atoms with Crippen LogP contribution >= 0.6 is 11.6 Å². The van der Waals surface area contributed by atoms with E-state index < -0.39 is 0 Å². The van der Waals surface area contributed by atoms with Crippen LogP contribution in [0, 0.1) is 12.7 Å². The van der Waals surface area contributed by atoms with E-state index in [2.05, 4.69) is 5.32 Å². The fourth-order valence-electron chi connectivity index (χ4n) is 2.01. The molecule has 0 atom stereocenters. The minimum Gasteiger partial charge on any atom is -0.493 e. The number of benzene rings is 2. The third-order valence-corrected chi connectivity index (χ3v) is 3.57. The quantitative estimate of drug-likeness (QED) is 0.887. The van der Waals surface area contributed by atoms with E-state index in [0.717, 1.165) is 11.1 Å². The molecule has 0 spiro atoms. The highest BCUT2D eigenvalue weighted by Gasteiger charge is 2.10. The summed E-state index contributed by atoms with van der Waals surface area (Å²) in [6.45, 7) is 2.41. The topological polar surface area (TPSA) is 30.5 Å². The van der Waals surface area contributed by atoms with Crippen molar-refractivity contribution in [2.75, 3.05) is 19.5 Å². The maximum Gasteiger partial charge on any atom is 0.162 e. The molecule has 5 heteroatoms. The van der Waals surface area contributed by atoms with Gasteiger partial charge in [-0.25, -0.2) is 4.39 Å². The van der Waals surface area contributed by atoms with Gasteiger partial charge in [-0.05, 0) is 30.2 Å². The zero-order valence-electron chi connectivity index (χ0n) is 12.2. The van der Waals surface area contributed by atoms with Gasteiger partial charge >= 0.3 is 0 Å². The number of hydrogen-bond acceptors (Lipinski definition) is 3. The minimum atomic E-state index is -0.254. The summed E-state index contributed by atoms with van der Waals surface area (Å²) in [6, 6.07) is 8.15. The summed E-state index contributed by atoms with van der Waals surface area (Å²) >= 11 is 6.20. The Morgan fingerprint density at radius 1 is 1.10 bits per heavy atom. The van der Waals surface area contributed by atoms with Crippen LogP contribution in [0.15, 0.2) is 30.3 Å². The van der Waals surface area contributed by atoms with Crippen molar-refractivity contribution in [1.29, 1.82) is 0 Å². The van der Waals surface area contributed by atoms with E-state index in [1.807, 2.05) is 6.92 Å². The van der Waals surface area contributed by atoms with Gasteiger partial charge in [0.05, 0.1) is 24.9 Å². The lowest BCUT2D eigenvalue weighted by atomic mass is 10.1. The van der Waals surface area contributed by atoms with Gasteiger partial charge in [0.1, 0.15) is 5.82 Å². The molecule has 0 saturated heterocycles.